The number of amides is 1. The predicted octanol–water partition coefficient (Wildman–Crippen LogP) is 16.0. The van der Waals surface area contributed by atoms with E-state index in [1.54, 1.807) is 0 Å². The molecule has 4 heteroatoms. The van der Waals surface area contributed by atoms with E-state index in [0.29, 0.717) is 12.8 Å². The van der Waals surface area contributed by atoms with Crippen LogP contribution in [0, 0.1) is 0 Å². The van der Waals surface area contributed by atoms with E-state index >= 15 is 0 Å². The zero-order valence-corrected chi connectivity index (χ0v) is 37.5. The summed E-state index contributed by atoms with van der Waals surface area (Å²) in [5, 5.41) is 23.2. The van der Waals surface area contributed by atoms with Crippen LogP contribution in [-0.4, -0.2) is 34.9 Å². The van der Waals surface area contributed by atoms with Crippen LogP contribution in [0.3, 0.4) is 0 Å². The van der Waals surface area contributed by atoms with Gasteiger partial charge in [-0.15, -0.1) is 0 Å². The van der Waals surface area contributed by atoms with Crippen LogP contribution in [0.15, 0.2) is 24.3 Å². The third kappa shape index (κ3) is 43.8. The van der Waals surface area contributed by atoms with Crippen LogP contribution in [-0.2, 0) is 4.79 Å². The van der Waals surface area contributed by atoms with Crippen LogP contribution >= 0.6 is 0 Å². The lowest BCUT2D eigenvalue weighted by Gasteiger charge is -2.22. The second kappa shape index (κ2) is 47.2. The molecule has 0 aromatic heterocycles. The first-order valence-electron chi connectivity index (χ1n) is 25.0. The smallest absolute Gasteiger partial charge is 0.220 e. The minimum Gasteiger partial charge on any atom is -0.394 e. The van der Waals surface area contributed by atoms with E-state index in [4.69, 9.17) is 0 Å². The van der Waals surface area contributed by atoms with Crippen molar-refractivity contribution < 1.29 is 15.0 Å². The lowest BCUT2D eigenvalue weighted by Crippen LogP contribution is -2.45. The Hall–Kier alpha value is -1.13. The van der Waals surface area contributed by atoms with Gasteiger partial charge in [0.15, 0.2) is 0 Å². The molecule has 0 saturated carbocycles. The quantitative estimate of drug-likeness (QED) is 0.0426. The van der Waals surface area contributed by atoms with Crippen LogP contribution < -0.4 is 5.32 Å². The highest BCUT2D eigenvalue weighted by molar-refractivity contribution is 5.76. The molecule has 2 unspecified atom stereocenters. The van der Waals surface area contributed by atoms with Gasteiger partial charge >= 0.3 is 0 Å². The van der Waals surface area contributed by atoms with Crippen LogP contribution in [0.25, 0.3) is 0 Å². The fourth-order valence-corrected chi connectivity index (χ4v) is 7.86. The van der Waals surface area contributed by atoms with E-state index in [-0.39, 0.29) is 12.5 Å². The molecule has 0 aliphatic rings. The Morgan fingerprint density at radius 1 is 0.436 bits per heavy atom. The fraction of sp³-hybridized carbons (Fsp3) is 0.902. The standard InChI is InChI=1S/C51H99NO3/c1-3-5-7-9-11-13-15-17-18-19-20-21-22-23-24-25-26-27-28-29-30-31-32-33-34-35-37-39-41-43-45-47-51(55)52-49(48-53)50(54)46-44-42-40-38-36-16-14-12-10-8-6-4-2/h20-21,23-24,49-50,53-54H,3-19,22,25-48H2,1-2H3,(H,52,55)/b21-20-,24-23-. The van der Waals surface area contributed by atoms with Crippen molar-refractivity contribution in [3.8, 4) is 0 Å². The van der Waals surface area contributed by atoms with E-state index in [1.165, 1.54) is 218 Å². The summed E-state index contributed by atoms with van der Waals surface area (Å²) in [5.41, 5.74) is 0. The molecule has 0 spiro atoms. The Labute approximate surface area is 345 Å². The Kier molecular flexibility index (Phi) is 46.3. The van der Waals surface area contributed by atoms with Crippen LogP contribution in [0.5, 0.6) is 0 Å². The van der Waals surface area contributed by atoms with Crippen molar-refractivity contribution in [2.45, 2.75) is 289 Å². The number of carbonyl (C=O) groups excluding carboxylic acids is 1. The molecule has 0 aromatic carbocycles. The number of hydrogen-bond acceptors (Lipinski definition) is 3. The number of aliphatic hydroxyl groups is 2. The molecule has 326 valence electrons. The highest BCUT2D eigenvalue weighted by Crippen LogP contribution is 2.16. The largest absolute Gasteiger partial charge is 0.394 e. The molecule has 55 heavy (non-hydrogen) atoms. The Morgan fingerprint density at radius 2 is 0.745 bits per heavy atom. The molecule has 0 saturated heterocycles. The summed E-state index contributed by atoms with van der Waals surface area (Å²) in [6.07, 6.45) is 61.4. The van der Waals surface area contributed by atoms with Crippen molar-refractivity contribution in [1.82, 2.24) is 5.32 Å². The summed E-state index contributed by atoms with van der Waals surface area (Å²) in [5.74, 6) is -0.0294. The number of aliphatic hydroxyl groups excluding tert-OH is 2. The van der Waals surface area contributed by atoms with Crippen molar-refractivity contribution in [3.63, 3.8) is 0 Å². The number of nitrogens with one attached hydrogen (secondary N) is 1. The monoisotopic (exact) mass is 774 g/mol. The van der Waals surface area contributed by atoms with Crippen LogP contribution in [0.4, 0.5) is 0 Å². The van der Waals surface area contributed by atoms with Crippen LogP contribution in [0.1, 0.15) is 277 Å². The average Bonchev–Trinajstić information content (AvgIpc) is 3.19. The molecule has 0 fully saturated rings. The zero-order chi connectivity index (χ0) is 40.0. The molecule has 4 nitrogen and oxygen atoms in total. The van der Waals surface area contributed by atoms with Crippen molar-refractivity contribution in [3.05, 3.63) is 24.3 Å². The normalized spacial score (nSPS) is 13.0. The summed E-state index contributed by atoms with van der Waals surface area (Å²) in [7, 11) is 0. The third-order valence-electron chi connectivity index (χ3n) is 11.7. The Morgan fingerprint density at radius 3 is 1.09 bits per heavy atom. The topological polar surface area (TPSA) is 69.6 Å². The molecule has 0 rings (SSSR count). The lowest BCUT2D eigenvalue weighted by molar-refractivity contribution is -0.123. The van der Waals surface area contributed by atoms with Gasteiger partial charge in [-0.3, -0.25) is 4.79 Å². The van der Waals surface area contributed by atoms with Crippen LogP contribution in [0.2, 0.25) is 0 Å². The first-order valence-corrected chi connectivity index (χ1v) is 25.0. The third-order valence-corrected chi connectivity index (χ3v) is 11.7. The first-order chi connectivity index (χ1) is 27.2. The molecule has 0 aliphatic carbocycles. The number of unbranched alkanes of at least 4 members (excludes halogenated alkanes) is 35. The van der Waals surface area contributed by atoms with Gasteiger partial charge in [-0.25, -0.2) is 0 Å². The highest BCUT2D eigenvalue weighted by Gasteiger charge is 2.20. The van der Waals surface area contributed by atoms with Crippen molar-refractivity contribution in [2.24, 2.45) is 0 Å². The maximum absolute atomic E-state index is 12.4. The van der Waals surface area contributed by atoms with Gasteiger partial charge in [0.1, 0.15) is 0 Å². The summed E-state index contributed by atoms with van der Waals surface area (Å²) < 4.78 is 0. The number of rotatable bonds is 46. The van der Waals surface area contributed by atoms with E-state index in [2.05, 4.69) is 43.5 Å². The predicted molar refractivity (Wildman–Crippen MR) is 244 cm³/mol. The van der Waals surface area contributed by atoms with Gasteiger partial charge in [0.05, 0.1) is 18.8 Å². The van der Waals surface area contributed by atoms with E-state index in [0.717, 1.165) is 32.1 Å². The lowest BCUT2D eigenvalue weighted by atomic mass is 10.0. The van der Waals surface area contributed by atoms with Gasteiger partial charge in [0.2, 0.25) is 5.91 Å². The molecule has 0 aliphatic heterocycles. The fourth-order valence-electron chi connectivity index (χ4n) is 7.86. The van der Waals surface area contributed by atoms with Crippen molar-refractivity contribution in [1.29, 1.82) is 0 Å². The Balaban J connectivity index is 3.42. The molecule has 0 aromatic rings. The molecule has 1 amide bonds. The van der Waals surface area contributed by atoms with Crippen molar-refractivity contribution >= 4 is 5.91 Å². The number of allylic oxidation sites excluding steroid dienone is 4. The van der Waals surface area contributed by atoms with Gasteiger partial charge in [-0.2, -0.15) is 0 Å². The van der Waals surface area contributed by atoms with Gasteiger partial charge in [0, 0.05) is 6.42 Å². The molecule has 0 bridgehead atoms. The summed E-state index contributed by atoms with van der Waals surface area (Å²) >= 11 is 0. The minimum absolute atomic E-state index is 0.0294. The summed E-state index contributed by atoms with van der Waals surface area (Å²) in [6, 6.07) is -0.533. The van der Waals surface area contributed by atoms with E-state index < -0.39 is 12.1 Å². The zero-order valence-electron chi connectivity index (χ0n) is 37.5. The van der Waals surface area contributed by atoms with E-state index in [1.807, 2.05) is 0 Å². The van der Waals surface area contributed by atoms with Gasteiger partial charge in [-0.1, -0.05) is 250 Å². The Bertz CT molecular complexity index is 795. The maximum atomic E-state index is 12.4. The molecular weight excluding hydrogens is 675 g/mol. The molecule has 0 heterocycles. The highest BCUT2D eigenvalue weighted by atomic mass is 16.3. The molecule has 2 atom stereocenters. The molecule has 0 radical (unpaired) electrons. The molecule has 3 N–H and O–H groups in total. The second-order valence-electron chi connectivity index (χ2n) is 17.2. The number of hydrogen-bond donors (Lipinski definition) is 3. The second-order valence-corrected chi connectivity index (χ2v) is 17.2. The average molecular weight is 774 g/mol. The summed E-state index contributed by atoms with van der Waals surface area (Å²) in [6.45, 7) is 4.37. The first kappa shape index (κ1) is 53.9. The summed E-state index contributed by atoms with van der Waals surface area (Å²) in [4.78, 5) is 12.4. The van der Waals surface area contributed by atoms with E-state index in [9.17, 15) is 15.0 Å². The number of carbonyl (C=O) groups is 1. The maximum Gasteiger partial charge on any atom is 0.220 e. The molecular formula is C51H99NO3. The SMILES string of the molecule is CCCCCCCCCCC/C=C\C/C=C\CCCCCCCCCCCCCCCCCC(=O)NC(CO)C(O)CCCCCCCCCCCCCC. The van der Waals surface area contributed by atoms with Crippen molar-refractivity contribution in [2.75, 3.05) is 6.61 Å². The van der Waals surface area contributed by atoms with Gasteiger partial charge in [0.25, 0.3) is 0 Å². The minimum atomic E-state index is -0.656. The van der Waals surface area contributed by atoms with Gasteiger partial charge < -0.3 is 15.5 Å². The van der Waals surface area contributed by atoms with Gasteiger partial charge in [-0.05, 0) is 44.9 Å².